The van der Waals surface area contributed by atoms with E-state index in [4.69, 9.17) is 4.74 Å². The molecule has 1 aromatic carbocycles. The summed E-state index contributed by atoms with van der Waals surface area (Å²) in [5, 5.41) is 2.08. The molecule has 3 aromatic heterocycles. The summed E-state index contributed by atoms with van der Waals surface area (Å²) in [7, 11) is 0. The number of fused-ring (bicyclic) bond motifs is 3. The van der Waals surface area contributed by atoms with Crippen LogP contribution in [0.4, 0.5) is 0 Å². The number of hydrogen-bond acceptors (Lipinski definition) is 3. The Labute approximate surface area is 138 Å². The van der Waals surface area contributed by atoms with Crippen molar-refractivity contribution in [2.24, 2.45) is 0 Å². The molecule has 0 unspecified atom stereocenters. The van der Waals surface area contributed by atoms with Gasteiger partial charge >= 0.3 is 5.97 Å². The van der Waals surface area contributed by atoms with Crippen LogP contribution in [-0.4, -0.2) is 27.1 Å². The van der Waals surface area contributed by atoms with Crippen molar-refractivity contribution in [3.8, 4) is 5.69 Å². The number of nitrogens with zero attached hydrogens (tertiary/aromatic N) is 2. The molecule has 0 fully saturated rings. The Balaban J connectivity index is 1.97. The second-order valence-corrected chi connectivity index (χ2v) is 5.69. The summed E-state index contributed by atoms with van der Waals surface area (Å²) in [6, 6.07) is 10.2. The van der Waals surface area contributed by atoms with Gasteiger partial charge in [-0.05, 0) is 49.7 Å². The topological polar surface area (TPSA) is 59.9 Å². The molecule has 0 atom stereocenters. The molecule has 4 rings (SSSR count). The number of esters is 1. The zero-order chi connectivity index (χ0) is 16.7. The van der Waals surface area contributed by atoms with Crippen LogP contribution in [0.3, 0.4) is 0 Å². The van der Waals surface area contributed by atoms with Gasteiger partial charge in [0.25, 0.3) is 0 Å². The number of aromatic nitrogens is 3. The third-order valence-electron chi connectivity index (χ3n) is 4.24. The van der Waals surface area contributed by atoms with E-state index in [0.717, 1.165) is 33.1 Å². The molecule has 0 spiro atoms. The molecule has 1 N–H and O–H groups in total. The standard InChI is InChI=1S/C19H17N3O2/c1-3-24-19(23)18-12(2)17-14-10-13(22-8-4-5-9-22)6-7-15(14)21-16(17)11-20-18/h4-11,21H,3H2,1-2H3. The molecule has 5 nitrogen and oxygen atoms in total. The zero-order valence-electron chi connectivity index (χ0n) is 13.5. The SMILES string of the molecule is CCOC(=O)c1ncc2[nH]c3ccc(-n4cccc4)cc3c2c1C. The van der Waals surface area contributed by atoms with Gasteiger partial charge < -0.3 is 14.3 Å². The first-order valence-electron chi connectivity index (χ1n) is 7.90. The third kappa shape index (κ3) is 2.17. The quantitative estimate of drug-likeness (QED) is 0.581. The number of ether oxygens (including phenoxy) is 1. The summed E-state index contributed by atoms with van der Waals surface area (Å²) >= 11 is 0. The van der Waals surface area contributed by atoms with E-state index in [1.54, 1.807) is 13.1 Å². The van der Waals surface area contributed by atoms with Crippen LogP contribution in [0.15, 0.2) is 48.9 Å². The fraction of sp³-hybridized carbons (Fsp3) is 0.158. The van der Waals surface area contributed by atoms with Gasteiger partial charge in [0.2, 0.25) is 0 Å². The van der Waals surface area contributed by atoms with Gasteiger partial charge in [-0.1, -0.05) is 0 Å². The van der Waals surface area contributed by atoms with Crippen molar-refractivity contribution in [2.45, 2.75) is 13.8 Å². The minimum absolute atomic E-state index is 0.337. The zero-order valence-corrected chi connectivity index (χ0v) is 13.5. The Morgan fingerprint density at radius 3 is 2.79 bits per heavy atom. The van der Waals surface area contributed by atoms with Crippen molar-refractivity contribution in [3.05, 3.63) is 60.2 Å². The maximum Gasteiger partial charge on any atom is 0.357 e. The highest BCUT2D eigenvalue weighted by Gasteiger charge is 2.17. The molecule has 24 heavy (non-hydrogen) atoms. The molecule has 0 radical (unpaired) electrons. The Bertz CT molecular complexity index is 1050. The first-order chi connectivity index (χ1) is 11.7. The highest BCUT2D eigenvalue weighted by atomic mass is 16.5. The lowest BCUT2D eigenvalue weighted by molar-refractivity contribution is 0.0519. The maximum absolute atomic E-state index is 12.1. The van der Waals surface area contributed by atoms with Gasteiger partial charge in [-0.2, -0.15) is 0 Å². The van der Waals surface area contributed by atoms with Gasteiger partial charge in [0.15, 0.2) is 5.69 Å². The van der Waals surface area contributed by atoms with Crippen LogP contribution >= 0.6 is 0 Å². The number of H-pyrrole nitrogens is 1. The van der Waals surface area contributed by atoms with Crippen molar-refractivity contribution in [1.29, 1.82) is 0 Å². The van der Waals surface area contributed by atoms with Crippen molar-refractivity contribution in [2.75, 3.05) is 6.61 Å². The number of carbonyl (C=O) groups excluding carboxylic acids is 1. The highest BCUT2D eigenvalue weighted by Crippen LogP contribution is 2.30. The van der Waals surface area contributed by atoms with E-state index in [1.165, 1.54) is 0 Å². The molecular formula is C19H17N3O2. The van der Waals surface area contributed by atoms with E-state index in [0.29, 0.717) is 12.3 Å². The smallest absolute Gasteiger partial charge is 0.357 e. The number of pyridine rings is 1. The molecule has 120 valence electrons. The van der Waals surface area contributed by atoms with Crippen LogP contribution in [0.25, 0.3) is 27.5 Å². The van der Waals surface area contributed by atoms with Gasteiger partial charge in [0.05, 0.1) is 18.3 Å². The fourth-order valence-corrected chi connectivity index (χ4v) is 3.12. The predicted molar refractivity (Wildman–Crippen MR) is 93.6 cm³/mol. The van der Waals surface area contributed by atoms with Crippen LogP contribution in [-0.2, 0) is 4.74 Å². The van der Waals surface area contributed by atoms with E-state index in [2.05, 4.69) is 26.7 Å². The first kappa shape index (κ1) is 14.5. The minimum atomic E-state index is -0.382. The average Bonchev–Trinajstić information content (AvgIpc) is 3.22. The van der Waals surface area contributed by atoms with Gasteiger partial charge in [-0.3, -0.25) is 0 Å². The van der Waals surface area contributed by atoms with Crippen molar-refractivity contribution in [3.63, 3.8) is 0 Å². The number of hydrogen-bond donors (Lipinski definition) is 1. The molecule has 0 bridgehead atoms. The number of carbonyl (C=O) groups is 1. The minimum Gasteiger partial charge on any atom is -0.461 e. The monoisotopic (exact) mass is 319 g/mol. The largest absolute Gasteiger partial charge is 0.461 e. The Hall–Kier alpha value is -3.08. The van der Waals surface area contributed by atoms with Crippen LogP contribution < -0.4 is 0 Å². The Morgan fingerprint density at radius 2 is 2.04 bits per heavy atom. The summed E-state index contributed by atoms with van der Waals surface area (Å²) in [5.41, 5.74) is 4.22. The molecule has 0 aliphatic carbocycles. The van der Waals surface area contributed by atoms with Crippen LogP contribution in [0.2, 0.25) is 0 Å². The molecule has 0 aliphatic heterocycles. The summed E-state index contributed by atoms with van der Waals surface area (Å²) in [6.45, 7) is 4.04. The molecule has 5 heteroatoms. The second kappa shape index (κ2) is 5.53. The first-order valence-corrected chi connectivity index (χ1v) is 7.90. The maximum atomic E-state index is 12.1. The second-order valence-electron chi connectivity index (χ2n) is 5.69. The average molecular weight is 319 g/mol. The highest BCUT2D eigenvalue weighted by molar-refractivity contribution is 6.11. The summed E-state index contributed by atoms with van der Waals surface area (Å²) in [4.78, 5) is 19.8. The van der Waals surface area contributed by atoms with E-state index in [1.807, 2.05) is 37.5 Å². The van der Waals surface area contributed by atoms with Crippen molar-refractivity contribution in [1.82, 2.24) is 14.5 Å². The summed E-state index contributed by atoms with van der Waals surface area (Å²) < 4.78 is 7.17. The lowest BCUT2D eigenvalue weighted by Crippen LogP contribution is -2.09. The van der Waals surface area contributed by atoms with E-state index in [9.17, 15) is 4.79 Å². The molecule has 4 aromatic rings. The van der Waals surface area contributed by atoms with Gasteiger partial charge in [-0.25, -0.2) is 9.78 Å². The van der Waals surface area contributed by atoms with Gasteiger partial charge in [-0.15, -0.1) is 0 Å². The third-order valence-corrected chi connectivity index (χ3v) is 4.24. The molecule has 0 saturated carbocycles. The number of aromatic amines is 1. The van der Waals surface area contributed by atoms with Crippen molar-refractivity contribution < 1.29 is 9.53 Å². The van der Waals surface area contributed by atoms with Gasteiger partial charge in [0.1, 0.15) is 0 Å². The number of aryl methyl sites for hydroxylation is 1. The fourth-order valence-electron chi connectivity index (χ4n) is 3.12. The predicted octanol–water partition coefficient (Wildman–Crippen LogP) is 3.99. The molecule has 3 heterocycles. The molecule has 0 amide bonds. The normalized spacial score (nSPS) is 11.2. The number of rotatable bonds is 3. The summed E-state index contributed by atoms with van der Waals surface area (Å²) in [5.74, 6) is -0.382. The lowest BCUT2D eigenvalue weighted by Gasteiger charge is -2.06. The molecule has 0 saturated heterocycles. The van der Waals surface area contributed by atoms with Gasteiger partial charge in [0, 0.05) is 34.4 Å². The van der Waals surface area contributed by atoms with E-state index < -0.39 is 0 Å². The van der Waals surface area contributed by atoms with Crippen LogP contribution in [0, 0.1) is 6.92 Å². The number of benzene rings is 1. The molecule has 0 aliphatic rings. The Morgan fingerprint density at radius 1 is 1.25 bits per heavy atom. The lowest BCUT2D eigenvalue weighted by atomic mass is 10.1. The Kier molecular flexibility index (Phi) is 3.34. The van der Waals surface area contributed by atoms with Crippen LogP contribution in [0.5, 0.6) is 0 Å². The number of nitrogens with one attached hydrogen (secondary N) is 1. The summed E-state index contributed by atoms with van der Waals surface area (Å²) in [6.07, 6.45) is 5.72. The molecular weight excluding hydrogens is 302 g/mol. The van der Waals surface area contributed by atoms with E-state index >= 15 is 0 Å². The van der Waals surface area contributed by atoms with Crippen molar-refractivity contribution >= 4 is 27.8 Å². The van der Waals surface area contributed by atoms with Crippen LogP contribution in [0.1, 0.15) is 23.0 Å². The van der Waals surface area contributed by atoms with E-state index in [-0.39, 0.29) is 5.97 Å².